The topological polar surface area (TPSA) is 58.6 Å². The fourth-order valence-electron chi connectivity index (χ4n) is 1.72. The molecule has 0 atom stereocenters. The third kappa shape index (κ3) is 2.46. The first-order chi connectivity index (χ1) is 8.61. The van der Waals surface area contributed by atoms with Crippen molar-refractivity contribution in [3.8, 4) is 5.75 Å². The Labute approximate surface area is 105 Å². The van der Waals surface area contributed by atoms with Gasteiger partial charge in [-0.2, -0.15) is 0 Å². The van der Waals surface area contributed by atoms with Crippen LogP contribution in [-0.2, 0) is 4.79 Å². The number of aliphatic hydroxyl groups excluding tert-OH is 1. The van der Waals surface area contributed by atoms with Crippen LogP contribution in [0, 0.1) is 11.2 Å². The van der Waals surface area contributed by atoms with E-state index < -0.39 is 11.2 Å². The molecule has 0 saturated heterocycles. The van der Waals surface area contributed by atoms with Gasteiger partial charge in [0.05, 0.1) is 18.6 Å². The van der Waals surface area contributed by atoms with Gasteiger partial charge in [-0.3, -0.25) is 4.79 Å². The lowest BCUT2D eigenvalue weighted by molar-refractivity contribution is -0.122. The van der Waals surface area contributed by atoms with Gasteiger partial charge in [-0.1, -0.05) is 0 Å². The van der Waals surface area contributed by atoms with Crippen LogP contribution in [0.4, 0.5) is 10.1 Å². The monoisotopic (exact) mass is 253 g/mol. The van der Waals surface area contributed by atoms with Crippen molar-refractivity contribution in [2.45, 2.75) is 19.8 Å². The molecule has 1 aromatic rings. The number of ether oxygens (including phenoxy) is 1. The van der Waals surface area contributed by atoms with Gasteiger partial charge < -0.3 is 15.2 Å². The Hall–Kier alpha value is -1.62. The first-order valence-corrected chi connectivity index (χ1v) is 5.96. The molecule has 1 aromatic carbocycles. The van der Waals surface area contributed by atoms with Gasteiger partial charge >= 0.3 is 0 Å². The summed E-state index contributed by atoms with van der Waals surface area (Å²) in [4.78, 5) is 11.8. The number of rotatable bonds is 5. The summed E-state index contributed by atoms with van der Waals surface area (Å²) in [6.45, 7) is 1.99. The molecule has 98 valence electrons. The molecule has 0 bridgehead atoms. The van der Waals surface area contributed by atoms with E-state index in [4.69, 9.17) is 9.84 Å². The average molecular weight is 253 g/mol. The van der Waals surface area contributed by atoms with Crippen LogP contribution in [0.2, 0.25) is 0 Å². The van der Waals surface area contributed by atoms with Gasteiger partial charge in [-0.05, 0) is 31.9 Å². The predicted molar refractivity (Wildman–Crippen MR) is 65.0 cm³/mol. The first kappa shape index (κ1) is 12.8. The summed E-state index contributed by atoms with van der Waals surface area (Å²) in [6, 6.07) is 4.28. The third-order valence-corrected chi connectivity index (χ3v) is 3.13. The highest BCUT2D eigenvalue weighted by molar-refractivity contribution is 5.97. The van der Waals surface area contributed by atoms with E-state index in [1.807, 2.05) is 0 Å². The molecule has 1 amide bonds. The van der Waals surface area contributed by atoms with E-state index in [-0.39, 0.29) is 18.3 Å². The van der Waals surface area contributed by atoms with Crippen LogP contribution >= 0.6 is 0 Å². The molecular weight excluding hydrogens is 237 g/mol. The van der Waals surface area contributed by atoms with Gasteiger partial charge in [0.1, 0.15) is 0 Å². The van der Waals surface area contributed by atoms with Crippen molar-refractivity contribution in [3.05, 3.63) is 24.0 Å². The Balaban J connectivity index is 2.06. The summed E-state index contributed by atoms with van der Waals surface area (Å²) >= 11 is 0. The second-order valence-electron chi connectivity index (χ2n) is 4.47. The van der Waals surface area contributed by atoms with E-state index in [9.17, 15) is 9.18 Å². The molecule has 1 aliphatic rings. The van der Waals surface area contributed by atoms with Crippen LogP contribution in [0.3, 0.4) is 0 Å². The maximum absolute atomic E-state index is 13.6. The Bertz CT molecular complexity index is 458. The van der Waals surface area contributed by atoms with Crippen molar-refractivity contribution < 1.29 is 19.0 Å². The average Bonchev–Trinajstić information content (AvgIpc) is 3.14. The van der Waals surface area contributed by atoms with Crippen LogP contribution in [0.25, 0.3) is 0 Å². The predicted octanol–water partition coefficient (Wildman–Crippen LogP) is 1.94. The minimum Gasteiger partial charge on any atom is -0.491 e. The molecule has 2 rings (SSSR count). The van der Waals surface area contributed by atoms with Crippen LogP contribution in [0.1, 0.15) is 19.8 Å². The quantitative estimate of drug-likeness (QED) is 0.843. The first-order valence-electron chi connectivity index (χ1n) is 5.96. The van der Waals surface area contributed by atoms with Crippen LogP contribution in [0.15, 0.2) is 18.2 Å². The molecule has 1 fully saturated rings. The lowest BCUT2D eigenvalue weighted by Crippen LogP contribution is -2.27. The highest BCUT2D eigenvalue weighted by Gasteiger charge is 2.49. The molecule has 0 spiro atoms. The van der Waals surface area contributed by atoms with Crippen molar-refractivity contribution in [2.75, 3.05) is 18.5 Å². The summed E-state index contributed by atoms with van der Waals surface area (Å²) in [5.74, 6) is -0.601. The number of anilines is 1. The second kappa shape index (κ2) is 4.94. The normalized spacial score (nSPS) is 16.2. The lowest BCUT2D eigenvalue weighted by Gasteiger charge is -2.13. The Morgan fingerprint density at radius 1 is 1.56 bits per heavy atom. The third-order valence-electron chi connectivity index (χ3n) is 3.13. The minimum atomic E-state index is -0.658. The van der Waals surface area contributed by atoms with Crippen LogP contribution in [0.5, 0.6) is 5.75 Å². The van der Waals surface area contributed by atoms with E-state index in [0.717, 1.165) is 0 Å². The van der Waals surface area contributed by atoms with Crippen molar-refractivity contribution in [1.29, 1.82) is 0 Å². The van der Waals surface area contributed by atoms with Gasteiger partial charge in [-0.25, -0.2) is 4.39 Å². The molecule has 0 radical (unpaired) electrons. The molecule has 0 heterocycles. The molecule has 0 unspecified atom stereocenters. The van der Waals surface area contributed by atoms with E-state index in [2.05, 4.69) is 5.32 Å². The van der Waals surface area contributed by atoms with Gasteiger partial charge in [-0.15, -0.1) is 0 Å². The van der Waals surface area contributed by atoms with Gasteiger partial charge in [0.15, 0.2) is 11.6 Å². The zero-order valence-corrected chi connectivity index (χ0v) is 10.2. The summed E-state index contributed by atoms with van der Waals surface area (Å²) < 4.78 is 18.6. The fraction of sp³-hybridized carbons (Fsp3) is 0.462. The second-order valence-corrected chi connectivity index (χ2v) is 4.47. The van der Waals surface area contributed by atoms with Crippen LogP contribution < -0.4 is 10.1 Å². The van der Waals surface area contributed by atoms with Gasteiger partial charge in [0, 0.05) is 11.8 Å². The molecule has 1 aliphatic carbocycles. The highest BCUT2D eigenvalue weighted by Crippen LogP contribution is 2.45. The standard InChI is InChI=1S/C13H16FNO3/c1-2-18-11-4-3-9(7-10(11)14)15-12(17)13(8-16)5-6-13/h3-4,7,16H,2,5-6,8H2,1H3,(H,15,17). The lowest BCUT2D eigenvalue weighted by atomic mass is 10.1. The summed E-state index contributed by atoms with van der Waals surface area (Å²) in [7, 11) is 0. The SMILES string of the molecule is CCOc1ccc(NC(=O)C2(CO)CC2)cc1F. The molecule has 18 heavy (non-hydrogen) atoms. The Morgan fingerprint density at radius 2 is 2.28 bits per heavy atom. The van der Waals surface area contributed by atoms with Crippen molar-refractivity contribution >= 4 is 11.6 Å². The molecule has 0 aliphatic heterocycles. The van der Waals surface area contributed by atoms with Crippen molar-refractivity contribution in [3.63, 3.8) is 0 Å². The molecule has 1 saturated carbocycles. The Kier molecular flexibility index (Phi) is 3.52. The molecule has 5 heteroatoms. The smallest absolute Gasteiger partial charge is 0.232 e. The fourth-order valence-corrected chi connectivity index (χ4v) is 1.72. The highest BCUT2D eigenvalue weighted by atomic mass is 19.1. The number of carbonyl (C=O) groups is 1. The van der Waals surface area contributed by atoms with E-state index in [0.29, 0.717) is 25.1 Å². The number of aliphatic hydroxyl groups is 1. The number of benzene rings is 1. The van der Waals surface area contributed by atoms with Gasteiger partial charge in [0.2, 0.25) is 5.91 Å². The largest absolute Gasteiger partial charge is 0.491 e. The number of amides is 1. The number of halogens is 1. The number of carbonyl (C=O) groups excluding carboxylic acids is 1. The molecular formula is C13H16FNO3. The molecule has 0 aromatic heterocycles. The van der Waals surface area contributed by atoms with Gasteiger partial charge in [0.25, 0.3) is 0 Å². The van der Waals surface area contributed by atoms with Crippen molar-refractivity contribution in [2.24, 2.45) is 5.41 Å². The van der Waals surface area contributed by atoms with E-state index >= 15 is 0 Å². The maximum atomic E-state index is 13.6. The van der Waals surface area contributed by atoms with Crippen molar-refractivity contribution in [1.82, 2.24) is 0 Å². The maximum Gasteiger partial charge on any atom is 0.232 e. The molecule has 2 N–H and O–H groups in total. The van der Waals surface area contributed by atoms with E-state index in [1.165, 1.54) is 12.1 Å². The summed E-state index contributed by atoms with van der Waals surface area (Å²) in [5, 5.41) is 11.7. The molecule has 4 nitrogen and oxygen atoms in total. The van der Waals surface area contributed by atoms with Crippen LogP contribution in [-0.4, -0.2) is 24.2 Å². The minimum absolute atomic E-state index is 0.166. The Morgan fingerprint density at radius 3 is 2.78 bits per heavy atom. The number of hydrogen-bond acceptors (Lipinski definition) is 3. The number of nitrogens with one attached hydrogen (secondary N) is 1. The van der Waals surface area contributed by atoms with E-state index in [1.54, 1.807) is 13.0 Å². The summed E-state index contributed by atoms with van der Waals surface area (Å²) in [5.41, 5.74) is -0.282. The zero-order valence-electron chi connectivity index (χ0n) is 10.2. The zero-order chi connectivity index (χ0) is 13.2. The number of hydrogen-bond donors (Lipinski definition) is 2. The summed E-state index contributed by atoms with van der Waals surface area (Å²) in [6.07, 6.45) is 1.35.